The van der Waals surface area contributed by atoms with Crippen LogP contribution in [0.3, 0.4) is 0 Å². The third kappa shape index (κ3) is 4.87. The Morgan fingerprint density at radius 1 is 1.38 bits per heavy atom. The van der Waals surface area contributed by atoms with Crippen LogP contribution < -0.4 is 14.8 Å². The van der Waals surface area contributed by atoms with Crippen molar-refractivity contribution in [2.45, 2.75) is 25.8 Å². The maximum Gasteiger partial charge on any atom is 0.301 e. The molecule has 1 saturated heterocycles. The van der Waals surface area contributed by atoms with Crippen LogP contribution in [0.25, 0.3) is 0 Å². The first kappa shape index (κ1) is 20.5. The van der Waals surface area contributed by atoms with Crippen LogP contribution in [-0.4, -0.2) is 70.4 Å². The highest BCUT2D eigenvalue weighted by atomic mass is 32.2. The molecule has 26 heavy (non-hydrogen) atoms. The highest BCUT2D eigenvalue weighted by Gasteiger charge is 2.24. The first-order chi connectivity index (χ1) is 12.3. The molecule has 1 aliphatic rings. The van der Waals surface area contributed by atoms with Crippen LogP contribution in [-0.2, 0) is 10.2 Å². The number of benzene rings is 1. The zero-order chi connectivity index (χ0) is 19.3. The van der Waals surface area contributed by atoms with Gasteiger partial charge in [0.1, 0.15) is 5.75 Å². The monoisotopic (exact) mass is 384 g/mol. The minimum atomic E-state index is -3.65. The molecule has 0 radical (unpaired) electrons. The van der Waals surface area contributed by atoms with Gasteiger partial charge in [-0.3, -0.25) is 14.4 Å². The average Bonchev–Trinajstić information content (AvgIpc) is 3.06. The molecular weight excluding hydrogens is 356 g/mol. The van der Waals surface area contributed by atoms with Gasteiger partial charge < -0.3 is 10.1 Å². The maximum absolute atomic E-state index is 12.6. The number of methoxy groups -OCH3 is 1. The number of ether oxygens (including phenoxy) is 1. The molecule has 1 fully saturated rings. The van der Waals surface area contributed by atoms with Gasteiger partial charge in [-0.05, 0) is 44.1 Å². The predicted molar refractivity (Wildman–Crippen MR) is 102 cm³/mol. The molecule has 2 rings (SSSR count). The number of hydrogen-bond donors (Lipinski definition) is 2. The third-order valence-corrected chi connectivity index (χ3v) is 6.03. The molecule has 1 atom stereocenters. The van der Waals surface area contributed by atoms with Crippen molar-refractivity contribution >= 4 is 21.8 Å². The summed E-state index contributed by atoms with van der Waals surface area (Å²) in [5, 5.41) is 2.94. The van der Waals surface area contributed by atoms with Gasteiger partial charge in [0.05, 0.1) is 18.4 Å². The molecule has 8 nitrogen and oxygen atoms in total. The van der Waals surface area contributed by atoms with Gasteiger partial charge in [0.25, 0.3) is 5.91 Å². The van der Waals surface area contributed by atoms with Gasteiger partial charge in [0.2, 0.25) is 0 Å². The van der Waals surface area contributed by atoms with E-state index in [2.05, 4.69) is 21.9 Å². The Kier molecular flexibility index (Phi) is 6.85. The molecule has 1 amide bonds. The lowest BCUT2D eigenvalue weighted by molar-refractivity contribution is 0.0938. The van der Waals surface area contributed by atoms with Gasteiger partial charge >= 0.3 is 10.2 Å². The number of nitrogens with one attached hydrogen (secondary N) is 2. The topological polar surface area (TPSA) is 91.0 Å². The first-order valence-corrected chi connectivity index (χ1v) is 10.1. The average molecular weight is 385 g/mol. The van der Waals surface area contributed by atoms with Crippen molar-refractivity contribution in [3.8, 4) is 5.75 Å². The van der Waals surface area contributed by atoms with E-state index in [4.69, 9.17) is 4.74 Å². The van der Waals surface area contributed by atoms with Crippen molar-refractivity contribution in [1.29, 1.82) is 0 Å². The van der Waals surface area contributed by atoms with Crippen molar-refractivity contribution in [3.05, 3.63) is 23.8 Å². The summed E-state index contributed by atoms with van der Waals surface area (Å²) in [5.41, 5.74) is 0.605. The largest absolute Gasteiger partial charge is 0.496 e. The van der Waals surface area contributed by atoms with Gasteiger partial charge in [0, 0.05) is 26.7 Å². The van der Waals surface area contributed by atoms with Crippen LogP contribution in [0, 0.1) is 0 Å². The second-order valence-corrected chi connectivity index (χ2v) is 8.32. The number of likely N-dealkylation sites (N-methyl/N-ethyl adjacent to an activating group) is 1. The number of likely N-dealkylation sites (tertiary alicyclic amines) is 1. The van der Waals surface area contributed by atoms with E-state index >= 15 is 0 Å². The number of nitrogens with zero attached hydrogens (tertiary/aromatic N) is 2. The van der Waals surface area contributed by atoms with E-state index in [-0.39, 0.29) is 5.91 Å². The highest BCUT2D eigenvalue weighted by molar-refractivity contribution is 7.90. The number of carbonyl (C=O) groups is 1. The molecule has 1 aliphatic heterocycles. The maximum atomic E-state index is 12.6. The fourth-order valence-electron chi connectivity index (χ4n) is 3.04. The summed E-state index contributed by atoms with van der Waals surface area (Å²) < 4.78 is 32.7. The third-order valence-electron chi connectivity index (χ3n) is 4.58. The molecule has 0 bridgehead atoms. The lowest BCUT2D eigenvalue weighted by Gasteiger charge is -2.23. The van der Waals surface area contributed by atoms with Crippen LogP contribution >= 0.6 is 0 Å². The summed E-state index contributed by atoms with van der Waals surface area (Å²) in [7, 11) is 0.695. The van der Waals surface area contributed by atoms with Gasteiger partial charge in [-0.15, -0.1) is 0 Å². The van der Waals surface area contributed by atoms with E-state index in [1.165, 1.54) is 27.3 Å². The minimum Gasteiger partial charge on any atom is -0.496 e. The molecule has 1 aromatic carbocycles. The smallest absolute Gasteiger partial charge is 0.301 e. The fourth-order valence-corrected chi connectivity index (χ4v) is 3.64. The van der Waals surface area contributed by atoms with E-state index in [0.717, 1.165) is 30.2 Å². The molecule has 1 unspecified atom stereocenters. The number of carbonyl (C=O) groups excluding carboxylic acids is 1. The Bertz CT molecular complexity index is 736. The normalized spacial score (nSPS) is 18.1. The van der Waals surface area contributed by atoms with E-state index in [1.807, 2.05) is 0 Å². The molecule has 0 aliphatic carbocycles. The molecule has 146 valence electrons. The minimum absolute atomic E-state index is 0.282. The SMILES string of the molecule is CCN1CCCC1CNC(=O)c1cc(NS(=O)(=O)N(C)C)ccc1OC. The predicted octanol–water partition coefficient (Wildman–Crippen LogP) is 1.13. The number of anilines is 1. The number of rotatable bonds is 8. The molecule has 9 heteroatoms. The van der Waals surface area contributed by atoms with Crippen LogP contribution in [0.4, 0.5) is 5.69 Å². The van der Waals surface area contributed by atoms with Gasteiger partial charge in [-0.2, -0.15) is 12.7 Å². The molecular formula is C17H28N4O4S. The lowest BCUT2D eigenvalue weighted by atomic mass is 10.1. The van der Waals surface area contributed by atoms with Crippen molar-refractivity contribution < 1.29 is 17.9 Å². The summed E-state index contributed by atoms with van der Waals surface area (Å²) in [4.78, 5) is 15.0. The zero-order valence-corrected chi connectivity index (χ0v) is 16.6. The lowest BCUT2D eigenvalue weighted by Crippen LogP contribution is -2.40. The molecule has 2 N–H and O–H groups in total. The molecule has 0 aromatic heterocycles. The van der Waals surface area contributed by atoms with Gasteiger partial charge in [0.15, 0.2) is 0 Å². The Hall–Kier alpha value is -1.84. The summed E-state index contributed by atoms with van der Waals surface area (Å²) in [6.45, 7) is 4.70. The van der Waals surface area contributed by atoms with Gasteiger partial charge in [-0.1, -0.05) is 6.92 Å². The van der Waals surface area contributed by atoms with Crippen LogP contribution in [0.2, 0.25) is 0 Å². The standard InChI is InChI=1S/C17H28N4O4S/c1-5-21-10-6-7-14(21)12-18-17(22)15-11-13(8-9-16(15)25-4)19-26(23,24)20(2)3/h8-9,11,14,19H,5-7,10,12H2,1-4H3,(H,18,22). The number of hydrogen-bond acceptors (Lipinski definition) is 5. The summed E-state index contributed by atoms with van der Waals surface area (Å²) in [5.74, 6) is 0.116. The van der Waals surface area contributed by atoms with E-state index in [0.29, 0.717) is 29.6 Å². The first-order valence-electron chi connectivity index (χ1n) is 8.69. The zero-order valence-electron chi connectivity index (χ0n) is 15.8. The Labute approximate surface area is 155 Å². The van der Waals surface area contributed by atoms with Gasteiger partial charge in [-0.25, -0.2) is 0 Å². The Balaban J connectivity index is 2.13. The molecule has 1 aromatic rings. The summed E-state index contributed by atoms with van der Waals surface area (Å²) in [6, 6.07) is 4.97. The van der Waals surface area contributed by atoms with E-state index < -0.39 is 10.2 Å². The van der Waals surface area contributed by atoms with E-state index in [1.54, 1.807) is 12.1 Å². The summed E-state index contributed by atoms with van der Waals surface area (Å²) in [6.07, 6.45) is 2.20. The van der Waals surface area contributed by atoms with Crippen molar-refractivity contribution in [1.82, 2.24) is 14.5 Å². The summed E-state index contributed by atoms with van der Waals surface area (Å²) >= 11 is 0. The second kappa shape index (κ2) is 8.70. The van der Waals surface area contributed by atoms with Crippen LogP contribution in [0.1, 0.15) is 30.1 Å². The quantitative estimate of drug-likeness (QED) is 0.701. The van der Waals surface area contributed by atoms with Crippen molar-refractivity contribution in [2.24, 2.45) is 0 Å². The van der Waals surface area contributed by atoms with Crippen LogP contribution in [0.15, 0.2) is 18.2 Å². The van der Waals surface area contributed by atoms with Crippen molar-refractivity contribution in [2.75, 3.05) is 45.6 Å². The molecule has 0 spiro atoms. The fraction of sp³-hybridized carbons (Fsp3) is 0.588. The second-order valence-electron chi connectivity index (χ2n) is 6.44. The molecule has 1 heterocycles. The van der Waals surface area contributed by atoms with Crippen LogP contribution in [0.5, 0.6) is 5.75 Å². The van der Waals surface area contributed by atoms with E-state index in [9.17, 15) is 13.2 Å². The highest BCUT2D eigenvalue weighted by Crippen LogP contribution is 2.24. The number of amides is 1. The Morgan fingerprint density at radius 3 is 2.73 bits per heavy atom. The Morgan fingerprint density at radius 2 is 2.12 bits per heavy atom. The molecule has 0 saturated carbocycles. The van der Waals surface area contributed by atoms with Crippen molar-refractivity contribution in [3.63, 3.8) is 0 Å².